The molecule has 0 aliphatic rings. The molecule has 4 N–H and O–H groups in total. The molecular weight excluding hydrogens is 356 g/mol. The lowest BCUT2D eigenvalue weighted by Gasteiger charge is -2.21. The molecule has 26 heavy (non-hydrogen) atoms. The second kappa shape index (κ2) is 7.66. The van der Waals surface area contributed by atoms with E-state index in [2.05, 4.69) is 10.6 Å². The molecule has 7 heteroatoms. The Hall–Kier alpha value is -2.73. The van der Waals surface area contributed by atoms with Gasteiger partial charge in [-0.3, -0.25) is 9.59 Å². The van der Waals surface area contributed by atoms with Gasteiger partial charge in [-0.25, -0.2) is 0 Å². The van der Waals surface area contributed by atoms with Gasteiger partial charge in [-0.1, -0.05) is 11.6 Å². The van der Waals surface area contributed by atoms with E-state index in [1.807, 2.05) is 20.8 Å². The van der Waals surface area contributed by atoms with Crippen molar-refractivity contribution in [2.24, 2.45) is 0 Å². The highest BCUT2D eigenvalue weighted by atomic mass is 35.5. The third-order valence-corrected chi connectivity index (χ3v) is 3.64. The molecule has 0 aromatic heterocycles. The molecule has 0 saturated carbocycles. The van der Waals surface area contributed by atoms with Crippen LogP contribution < -0.4 is 10.6 Å². The first-order chi connectivity index (χ1) is 12.0. The van der Waals surface area contributed by atoms with Crippen LogP contribution in [-0.2, 0) is 11.2 Å². The average Bonchev–Trinajstić information content (AvgIpc) is 2.51. The summed E-state index contributed by atoms with van der Waals surface area (Å²) in [6, 6.07) is 8.67. The van der Waals surface area contributed by atoms with Gasteiger partial charge in [0.25, 0.3) is 5.91 Å². The van der Waals surface area contributed by atoms with E-state index in [1.54, 1.807) is 0 Å². The number of phenols is 2. The summed E-state index contributed by atoms with van der Waals surface area (Å²) >= 11 is 5.87. The predicted molar refractivity (Wildman–Crippen MR) is 101 cm³/mol. The molecule has 0 spiro atoms. The molecule has 0 bridgehead atoms. The van der Waals surface area contributed by atoms with E-state index in [0.717, 1.165) is 0 Å². The van der Waals surface area contributed by atoms with Crippen molar-refractivity contribution in [1.82, 2.24) is 5.32 Å². The van der Waals surface area contributed by atoms with Crippen molar-refractivity contribution in [2.75, 3.05) is 5.32 Å². The summed E-state index contributed by atoms with van der Waals surface area (Å²) in [5.41, 5.74) is 0.337. The lowest BCUT2D eigenvalue weighted by atomic mass is 10.1. The zero-order chi connectivity index (χ0) is 19.5. The monoisotopic (exact) mass is 376 g/mol. The molecular formula is C19H21ClN2O4. The Kier molecular flexibility index (Phi) is 5.77. The number of amides is 2. The van der Waals surface area contributed by atoms with Gasteiger partial charge in [-0.05, 0) is 57.2 Å². The maximum absolute atomic E-state index is 12.3. The Morgan fingerprint density at radius 2 is 1.69 bits per heavy atom. The van der Waals surface area contributed by atoms with Crippen LogP contribution in [0.15, 0.2) is 36.4 Å². The summed E-state index contributed by atoms with van der Waals surface area (Å²) in [4.78, 5) is 24.5. The second-order valence-electron chi connectivity index (χ2n) is 6.93. The smallest absolute Gasteiger partial charge is 0.255 e. The molecule has 138 valence electrons. The molecule has 2 aromatic carbocycles. The lowest BCUT2D eigenvalue weighted by molar-refractivity contribution is -0.115. The standard InChI is InChI=1S/C19H21ClN2O4/c1-19(2,3)22-18(26)14-10-13(5-7-16(14)24)21-17(25)9-11-8-12(20)4-6-15(11)23/h4-8,10,23-24H,9H2,1-3H3,(H,21,25)(H,22,26). The van der Waals surface area contributed by atoms with E-state index in [-0.39, 0.29) is 23.5 Å². The highest BCUT2D eigenvalue weighted by Crippen LogP contribution is 2.24. The van der Waals surface area contributed by atoms with Gasteiger partial charge >= 0.3 is 0 Å². The number of aromatic hydroxyl groups is 2. The maximum atomic E-state index is 12.3. The molecule has 2 amide bonds. The molecule has 2 rings (SSSR count). The van der Waals surface area contributed by atoms with Gasteiger partial charge in [0.15, 0.2) is 0 Å². The zero-order valence-electron chi connectivity index (χ0n) is 14.8. The van der Waals surface area contributed by atoms with E-state index in [4.69, 9.17) is 11.6 Å². The molecule has 0 aliphatic carbocycles. The van der Waals surface area contributed by atoms with E-state index in [1.165, 1.54) is 36.4 Å². The Labute approximate surface area is 156 Å². The van der Waals surface area contributed by atoms with Crippen LogP contribution in [0, 0.1) is 0 Å². The van der Waals surface area contributed by atoms with Crippen LogP contribution in [0.2, 0.25) is 5.02 Å². The Morgan fingerprint density at radius 1 is 1.04 bits per heavy atom. The summed E-state index contributed by atoms with van der Waals surface area (Å²) in [5.74, 6) is -1.05. The van der Waals surface area contributed by atoms with Crippen LogP contribution in [0.4, 0.5) is 5.69 Å². The summed E-state index contributed by atoms with van der Waals surface area (Å²) < 4.78 is 0. The number of carbonyl (C=O) groups is 2. The lowest BCUT2D eigenvalue weighted by Crippen LogP contribution is -2.40. The Balaban J connectivity index is 2.14. The summed E-state index contributed by atoms with van der Waals surface area (Å²) in [5, 5.41) is 25.5. The largest absolute Gasteiger partial charge is 0.508 e. The molecule has 0 saturated heterocycles. The number of rotatable bonds is 4. The number of hydrogen-bond donors (Lipinski definition) is 4. The third kappa shape index (κ3) is 5.39. The fourth-order valence-corrected chi connectivity index (χ4v) is 2.47. The number of carbonyl (C=O) groups excluding carboxylic acids is 2. The molecule has 0 heterocycles. The molecule has 6 nitrogen and oxygen atoms in total. The quantitative estimate of drug-likeness (QED) is 0.614. The molecule has 0 aliphatic heterocycles. The number of anilines is 1. The van der Waals surface area contributed by atoms with Crippen molar-refractivity contribution in [3.05, 3.63) is 52.5 Å². The first-order valence-corrected chi connectivity index (χ1v) is 8.36. The molecule has 0 radical (unpaired) electrons. The van der Waals surface area contributed by atoms with Crippen molar-refractivity contribution in [1.29, 1.82) is 0 Å². The SMILES string of the molecule is CC(C)(C)NC(=O)c1cc(NC(=O)Cc2cc(Cl)ccc2O)ccc1O. The zero-order valence-corrected chi connectivity index (χ0v) is 15.5. The Morgan fingerprint density at radius 3 is 2.35 bits per heavy atom. The molecule has 0 fully saturated rings. The van der Waals surface area contributed by atoms with Crippen LogP contribution in [-0.4, -0.2) is 27.6 Å². The van der Waals surface area contributed by atoms with E-state index in [0.29, 0.717) is 16.3 Å². The van der Waals surface area contributed by atoms with Gasteiger partial charge in [0.1, 0.15) is 11.5 Å². The fourth-order valence-electron chi connectivity index (χ4n) is 2.28. The second-order valence-corrected chi connectivity index (χ2v) is 7.37. The minimum absolute atomic E-state index is 0.0273. The highest BCUT2D eigenvalue weighted by Gasteiger charge is 2.19. The van der Waals surface area contributed by atoms with E-state index < -0.39 is 17.4 Å². The van der Waals surface area contributed by atoms with Gasteiger partial charge in [-0.2, -0.15) is 0 Å². The molecule has 0 atom stereocenters. The number of halogens is 1. The Bertz CT molecular complexity index is 844. The van der Waals surface area contributed by atoms with Crippen LogP contribution in [0.5, 0.6) is 11.5 Å². The van der Waals surface area contributed by atoms with Gasteiger partial charge in [-0.15, -0.1) is 0 Å². The van der Waals surface area contributed by atoms with Crippen LogP contribution in [0.1, 0.15) is 36.7 Å². The van der Waals surface area contributed by atoms with Crippen molar-refractivity contribution < 1.29 is 19.8 Å². The summed E-state index contributed by atoms with van der Waals surface area (Å²) in [7, 11) is 0. The normalized spacial score (nSPS) is 11.1. The van der Waals surface area contributed by atoms with Crippen LogP contribution in [0.3, 0.4) is 0 Å². The van der Waals surface area contributed by atoms with Crippen molar-refractivity contribution in [3.63, 3.8) is 0 Å². The maximum Gasteiger partial charge on any atom is 0.255 e. The van der Waals surface area contributed by atoms with Gasteiger partial charge < -0.3 is 20.8 Å². The van der Waals surface area contributed by atoms with Crippen LogP contribution >= 0.6 is 11.6 Å². The molecule has 0 unspecified atom stereocenters. The summed E-state index contributed by atoms with van der Waals surface area (Å²) in [6.45, 7) is 5.47. The van der Waals surface area contributed by atoms with Crippen LogP contribution in [0.25, 0.3) is 0 Å². The van der Waals surface area contributed by atoms with E-state index in [9.17, 15) is 19.8 Å². The first kappa shape index (κ1) is 19.6. The van der Waals surface area contributed by atoms with E-state index >= 15 is 0 Å². The van der Waals surface area contributed by atoms with Gasteiger partial charge in [0, 0.05) is 21.8 Å². The number of benzene rings is 2. The minimum atomic E-state index is -0.465. The van der Waals surface area contributed by atoms with Crippen molar-refractivity contribution in [2.45, 2.75) is 32.7 Å². The van der Waals surface area contributed by atoms with Crippen molar-refractivity contribution in [3.8, 4) is 11.5 Å². The average molecular weight is 377 g/mol. The number of nitrogens with one attached hydrogen (secondary N) is 2. The highest BCUT2D eigenvalue weighted by molar-refractivity contribution is 6.30. The fraction of sp³-hybridized carbons (Fsp3) is 0.263. The predicted octanol–water partition coefficient (Wildman–Crippen LogP) is 3.46. The minimum Gasteiger partial charge on any atom is -0.508 e. The van der Waals surface area contributed by atoms with Gasteiger partial charge in [0.05, 0.1) is 12.0 Å². The third-order valence-electron chi connectivity index (χ3n) is 3.41. The number of phenolic OH excluding ortho intramolecular Hbond substituents is 2. The number of hydrogen-bond acceptors (Lipinski definition) is 4. The van der Waals surface area contributed by atoms with Crippen molar-refractivity contribution >= 4 is 29.1 Å². The molecule has 2 aromatic rings. The van der Waals surface area contributed by atoms with Gasteiger partial charge in [0.2, 0.25) is 5.91 Å². The first-order valence-electron chi connectivity index (χ1n) is 7.98. The topological polar surface area (TPSA) is 98.7 Å². The summed E-state index contributed by atoms with van der Waals surface area (Å²) in [6.07, 6.45) is -0.0865.